The molecule has 2 aromatic carbocycles. The van der Waals surface area contributed by atoms with E-state index in [9.17, 15) is 0 Å². The normalized spacial score (nSPS) is 11.3. The molecule has 0 amide bonds. The number of methoxy groups -OCH3 is 1. The third-order valence-electron chi connectivity index (χ3n) is 4.35. The predicted octanol–water partition coefficient (Wildman–Crippen LogP) is 5.02. The van der Waals surface area contributed by atoms with Gasteiger partial charge in [-0.2, -0.15) is 0 Å². The highest BCUT2D eigenvalue weighted by atomic mass is 35.5. The summed E-state index contributed by atoms with van der Waals surface area (Å²) in [5, 5.41) is 11.7. The van der Waals surface area contributed by atoms with E-state index in [-0.39, 0.29) is 0 Å². The van der Waals surface area contributed by atoms with Gasteiger partial charge < -0.3 is 9.72 Å². The lowest BCUT2D eigenvalue weighted by molar-refractivity contribution is 0.185. The zero-order chi connectivity index (χ0) is 18.6. The van der Waals surface area contributed by atoms with Crippen LogP contribution >= 0.6 is 23.4 Å². The van der Waals surface area contributed by atoms with E-state index in [1.54, 1.807) is 18.9 Å². The minimum atomic E-state index is 0.599. The van der Waals surface area contributed by atoms with E-state index in [4.69, 9.17) is 16.3 Å². The minimum absolute atomic E-state index is 0.599. The molecule has 27 heavy (non-hydrogen) atoms. The number of ether oxygens (including phenoxy) is 1. The van der Waals surface area contributed by atoms with Crippen LogP contribution in [0.5, 0.6) is 0 Å². The van der Waals surface area contributed by atoms with Crippen molar-refractivity contribution in [2.24, 2.45) is 0 Å². The zero-order valence-corrected chi connectivity index (χ0v) is 16.4. The number of nitrogens with one attached hydrogen (secondary N) is 1. The summed E-state index contributed by atoms with van der Waals surface area (Å²) in [6.07, 6.45) is 1.99. The van der Waals surface area contributed by atoms with Crippen LogP contribution in [0.15, 0.2) is 59.9 Å². The number of rotatable bonds is 7. The van der Waals surface area contributed by atoms with Crippen molar-refractivity contribution in [1.29, 1.82) is 0 Å². The Balaban J connectivity index is 1.65. The number of aromatic amines is 1. The maximum absolute atomic E-state index is 5.97. The van der Waals surface area contributed by atoms with Crippen molar-refractivity contribution >= 4 is 34.3 Å². The smallest absolute Gasteiger partial charge is 0.191 e. The third-order valence-corrected chi connectivity index (χ3v) is 5.64. The molecule has 0 saturated carbocycles. The van der Waals surface area contributed by atoms with Crippen molar-refractivity contribution in [1.82, 2.24) is 19.7 Å². The highest BCUT2D eigenvalue weighted by Crippen LogP contribution is 2.31. The van der Waals surface area contributed by atoms with Crippen LogP contribution in [-0.4, -0.2) is 33.5 Å². The number of H-pyrrole nitrogens is 1. The molecule has 138 valence electrons. The molecule has 0 unspecified atom stereocenters. The molecule has 0 atom stereocenters. The first kappa shape index (κ1) is 18.1. The summed E-state index contributed by atoms with van der Waals surface area (Å²) in [7, 11) is 1.70. The fourth-order valence-corrected chi connectivity index (χ4v) is 4.01. The summed E-state index contributed by atoms with van der Waals surface area (Å²) in [5.41, 5.74) is 3.33. The Morgan fingerprint density at radius 2 is 1.93 bits per heavy atom. The Morgan fingerprint density at radius 3 is 2.74 bits per heavy atom. The molecule has 0 fully saturated rings. The van der Waals surface area contributed by atoms with Crippen molar-refractivity contribution in [3.8, 4) is 11.4 Å². The summed E-state index contributed by atoms with van der Waals surface area (Å²) < 4.78 is 7.42. The van der Waals surface area contributed by atoms with Gasteiger partial charge in [-0.05, 0) is 23.8 Å². The first-order valence-electron chi connectivity index (χ1n) is 8.62. The second kappa shape index (κ2) is 8.17. The maximum atomic E-state index is 5.97. The van der Waals surface area contributed by atoms with Gasteiger partial charge in [-0.25, -0.2) is 0 Å². The van der Waals surface area contributed by atoms with Gasteiger partial charge in [0, 0.05) is 40.5 Å². The highest BCUT2D eigenvalue weighted by molar-refractivity contribution is 7.98. The van der Waals surface area contributed by atoms with E-state index in [0.717, 1.165) is 38.2 Å². The van der Waals surface area contributed by atoms with Crippen LogP contribution in [0.2, 0.25) is 5.02 Å². The van der Waals surface area contributed by atoms with Crippen LogP contribution in [0, 0.1) is 0 Å². The standard InChI is InChI=1S/C20H19ClN4OS/c1-26-11-10-25-19(17-12-22-18-5-3-2-4-16(17)18)23-24-20(25)27-13-14-6-8-15(21)9-7-14/h2-9,12,22H,10-11,13H2,1H3. The van der Waals surface area contributed by atoms with Crippen molar-refractivity contribution in [2.75, 3.05) is 13.7 Å². The van der Waals surface area contributed by atoms with Crippen molar-refractivity contribution in [3.05, 3.63) is 65.3 Å². The lowest BCUT2D eigenvalue weighted by Crippen LogP contribution is -2.07. The summed E-state index contributed by atoms with van der Waals surface area (Å²) in [4.78, 5) is 3.31. The monoisotopic (exact) mass is 398 g/mol. The molecule has 5 nitrogen and oxygen atoms in total. The van der Waals surface area contributed by atoms with E-state index in [1.807, 2.05) is 42.6 Å². The number of benzene rings is 2. The average Bonchev–Trinajstić information content (AvgIpc) is 3.29. The van der Waals surface area contributed by atoms with E-state index in [2.05, 4.69) is 31.9 Å². The van der Waals surface area contributed by atoms with Gasteiger partial charge >= 0.3 is 0 Å². The Morgan fingerprint density at radius 1 is 1.11 bits per heavy atom. The Hall–Kier alpha value is -2.28. The molecule has 0 aliphatic carbocycles. The van der Waals surface area contributed by atoms with Gasteiger partial charge in [0.25, 0.3) is 0 Å². The largest absolute Gasteiger partial charge is 0.383 e. The quantitative estimate of drug-likeness (QED) is 0.444. The molecule has 0 bridgehead atoms. The van der Waals surface area contributed by atoms with Crippen LogP contribution in [0.3, 0.4) is 0 Å². The van der Waals surface area contributed by atoms with E-state index in [0.29, 0.717) is 13.2 Å². The molecule has 2 heterocycles. The van der Waals surface area contributed by atoms with Crippen LogP contribution in [-0.2, 0) is 17.0 Å². The van der Waals surface area contributed by atoms with E-state index in [1.165, 1.54) is 5.56 Å². The van der Waals surface area contributed by atoms with Crippen LogP contribution in [0.4, 0.5) is 0 Å². The minimum Gasteiger partial charge on any atom is -0.383 e. The Labute approximate surface area is 166 Å². The fraction of sp³-hybridized carbons (Fsp3) is 0.200. The van der Waals surface area contributed by atoms with Crippen LogP contribution in [0.1, 0.15) is 5.56 Å². The van der Waals surface area contributed by atoms with Gasteiger partial charge in [-0.1, -0.05) is 53.7 Å². The Bertz CT molecular complexity index is 1040. The van der Waals surface area contributed by atoms with E-state index >= 15 is 0 Å². The van der Waals surface area contributed by atoms with Gasteiger partial charge in [0.2, 0.25) is 0 Å². The molecule has 7 heteroatoms. The number of nitrogens with zero attached hydrogens (tertiary/aromatic N) is 3. The highest BCUT2D eigenvalue weighted by Gasteiger charge is 2.17. The maximum Gasteiger partial charge on any atom is 0.191 e. The van der Waals surface area contributed by atoms with Gasteiger partial charge in [-0.15, -0.1) is 10.2 Å². The van der Waals surface area contributed by atoms with Crippen molar-refractivity contribution < 1.29 is 4.74 Å². The lowest BCUT2D eigenvalue weighted by Gasteiger charge is -2.09. The number of halogens is 1. The summed E-state index contributed by atoms with van der Waals surface area (Å²) in [6, 6.07) is 16.1. The van der Waals surface area contributed by atoms with Gasteiger partial charge in [0.15, 0.2) is 11.0 Å². The van der Waals surface area contributed by atoms with Gasteiger partial charge in [0.1, 0.15) is 0 Å². The summed E-state index contributed by atoms with van der Waals surface area (Å²) in [6.45, 7) is 1.29. The van der Waals surface area contributed by atoms with Crippen LogP contribution in [0.25, 0.3) is 22.3 Å². The number of para-hydroxylation sites is 1. The molecule has 0 aliphatic heterocycles. The zero-order valence-electron chi connectivity index (χ0n) is 14.9. The van der Waals surface area contributed by atoms with Crippen LogP contribution < -0.4 is 0 Å². The molecule has 0 spiro atoms. The lowest BCUT2D eigenvalue weighted by atomic mass is 10.1. The first-order valence-corrected chi connectivity index (χ1v) is 9.98. The third kappa shape index (κ3) is 3.88. The Kier molecular flexibility index (Phi) is 5.48. The predicted molar refractivity (Wildman–Crippen MR) is 110 cm³/mol. The second-order valence-electron chi connectivity index (χ2n) is 6.11. The molecule has 0 saturated heterocycles. The molecular weight excluding hydrogens is 380 g/mol. The SMILES string of the molecule is COCCn1c(SCc2ccc(Cl)cc2)nnc1-c1c[nH]c2ccccc12. The molecular formula is C20H19ClN4OS. The molecule has 2 aromatic heterocycles. The number of aromatic nitrogens is 4. The average molecular weight is 399 g/mol. The summed E-state index contributed by atoms with van der Waals surface area (Å²) >= 11 is 7.63. The number of fused-ring (bicyclic) bond motifs is 1. The van der Waals surface area contributed by atoms with E-state index < -0.39 is 0 Å². The number of hydrogen-bond acceptors (Lipinski definition) is 4. The fourth-order valence-electron chi connectivity index (χ4n) is 2.96. The molecule has 4 aromatic rings. The molecule has 0 radical (unpaired) electrons. The number of hydrogen-bond donors (Lipinski definition) is 1. The summed E-state index contributed by atoms with van der Waals surface area (Å²) in [5.74, 6) is 1.65. The molecule has 4 rings (SSSR count). The topological polar surface area (TPSA) is 55.7 Å². The second-order valence-corrected chi connectivity index (χ2v) is 7.49. The van der Waals surface area contributed by atoms with Crippen molar-refractivity contribution in [2.45, 2.75) is 17.5 Å². The van der Waals surface area contributed by atoms with Crippen molar-refractivity contribution in [3.63, 3.8) is 0 Å². The molecule has 0 aliphatic rings. The number of thioether (sulfide) groups is 1. The van der Waals surface area contributed by atoms with Gasteiger partial charge in [-0.3, -0.25) is 4.57 Å². The van der Waals surface area contributed by atoms with Gasteiger partial charge in [0.05, 0.1) is 13.2 Å². The first-order chi connectivity index (χ1) is 13.3. The molecule has 1 N–H and O–H groups in total.